The van der Waals surface area contributed by atoms with E-state index in [2.05, 4.69) is 14.9 Å². The molecule has 5 nitrogen and oxygen atoms in total. The van der Waals surface area contributed by atoms with Crippen LogP contribution in [0.4, 0.5) is 23.8 Å². The van der Waals surface area contributed by atoms with Crippen LogP contribution in [0, 0.1) is 0 Å². The molecule has 0 bridgehead atoms. The molecular weight excluding hydrogens is 191 g/mol. The van der Waals surface area contributed by atoms with Gasteiger partial charge in [0, 0.05) is 6.07 Å². The Morgan fingerprint density at radius 2 is 2.31 bits per heavy atom. The molecule has 1 aromatic rings. The third kappa shape index (κ3) is 3.45. The minimum absolute atomic E-state index is 0.0225. The Hall–Kier alpha value is -1.73. The molecule has 0 aliphatic rings. The molecule has 2 N–H and O–H groups in total. The number of aromatic amines is 1. The highest BCUT2D eigenvalue weighted by Gasteiger charge is 2.34. The fourth-order valence-electron chi connectivity index (χ4n) is 0.566. The van der Waals surface area contributed by atoms with Gasteiger partial charge >= 0.3 is 12.5 Å². The molecule has 0 saturated carbocycles. The maximum Gasteiger partial charge on any atom is 0.576 e. The van der Waals surface area contributed by atoms with Gasteiger partial charge in [0.15, 0.2) is 0 Å². The first-order valence-electron chi connectivity index (χ1n) is 3.03. The minimum atomic E-state index is -4.98. The predicted octanol–water partition coefficient (Wildman–Crippen LogP) is 1.48. The number of hydrogen-bond acceptors (Lipinski definition) is 3. The van der Waals surface area contributed by atoms with E-state index < -0.39 is 12.5 Å². The zero-order chi connectivity index (χ0) is 9.90. The molecular formula is C5H4F3N3O2. The molecule has 72 valence electrons. The molecule has 0 aliphatic heterocycles. The van der Waals surface area contributed by atoms with Crippen LogP contribution in [0.5, 0.6) is 0 Å². The number of H-pyrrole nitrogens is 1. The SMILES string of the molecule is O=C(Nc1ccn[nH]1)OC(F)(F)F. The first kappa shape index (κ1) is 9.36. The van der Waals surface area contributed by atoms with E-state index in [9.17, 15) is 18.0 Å². The molecule has 0 atom stereocenters. The summed E-state index contributed by atoms with van der Waals surface area (Å²) in [4.78, 5) is 10.4. The average Bonchev–Trinajstić information content (AvgIpc) is 2.34. The second kappa shape index (κ2) is 3.33. The van der Waals surface area contributed by atoms with Crippen LogP contribution in [0.2, 0.25) is 0 Å². The number of amides is 1. The van der Waals surface area contributed by atoms with Gasteiger partial charge < -0.3 is 4.74 Å². The van der Waals surface area contributed by atoms with Crippen molar-refractivity contribution in [3.63, 3.8) is 0 Å². The topological polar surface area (TPSA) is 67.0 Å². The lowest BCUT2D eigenvalue weighted by atomic mass is 10.6. The van der Waals surface area contributed by atoms with Gasteiger partial charge in [-0.05, 0) is 0 Å². The highest BCUT2D eigenvalue weighted by molar-refractivity contribution is 5.83. The van der Waals surface area contributed by atoms with Gasteiger partial charge in [0.2, 0.25) is 0 Å². The summed E-state index contributed by atoms with van der Waals surface area (Å²) in [5, 5.41) is 7.40. The van der Waals surface area contributed by atoms with Crippen LogP contribution in [-0.2, 0) is 4.74 Å². The quantitative estimate of drug-likeness (QED) is 0.713. The summed E-state index contributed by atoms with van der Waals surface area (Å²) in [6.45, 7) is 0. The standard InChI is InChI=1S/C5H4F3N3O2/c6-5(7,8)13-4(12)10-3-1-2-9-11-3/h1-2H,(H2,9,10,11,12). The molecule has 1 heterocycles. The summed E-state index contributed by atoms with van der Waals surface area (Å²) in [6, 6.07) is 1.28. The number of hydrogen-bond donors (Lipinski definition) is 2. The molecule has 0 aromatic carbocycles. The number of nitrogens with zero attached hydrogens (tertiary/aromatic N) is 1. The number of carbonyl (C=O) groups excluding carboxylic acids is 1. The van der Waals surface area contributed by atoms with E-state index in [1.165, 1.54) is 12.3 Å². The number of rotatable bonds is 1. The van der Waals surface area contributed by atoms with E-state index >= 15 is 0 Å². The van der Waals surface area contributed by atoms with Crippen molar-refractivity contribution in [2.75, 3.05) is 5.32 Å². The molecule has 0 radical (unpaired) electrons. The van der Waals surface area contributed by atoms with Gasteiger partial charge in [-0.1, -0.05) is 0 Å². The molecule has 13 heavy (non-hydrogen) atoms. The number of halogens is 3. The lowest BCUT2D eigenvalue weighted by Crippen LogP contribution is -2.23. The summed E-state index contributed by atoms with van der Waals surface area (Å²) in [7, 11) is 0. The summed E-state index contributed by atoms with van der Waals surface area (Å²) in [5.74, 6) is 0.0225. The molecule has 1 amide bonds. The van der Waals surface area contributed by atoms with Crippen molar-refractivity contribution in [2.24, 2.45) is 0 Å². The molecule has 0 saturated heterocycles. The maximum absolute atomic E-state index is 11.4. The number of nitrogens with one attached hydrogen (secondary N) is 2. The lowest BCUT2D eigenvalue weighted by molar-refractivity contribution is -0.289. The Morgan fingerprint density at radius 1 is 1.62 bits per heavy atom. The van der Waals surface area contributed by atoms with Crippen LogP contribution in [-0.4, -0.2) is 22.7 Å². The molecule has 1 rings (SSSR count). The Morgan fingerprint density at radius 3 is 2.77 bits per heavy atom. The van der Waals surface area contributed by atoms with Crippen molar-refractivity contribution in [3.05, 3.63) is 12.3 Å². The first-order chi connectivity index (χ1) is 5.97. The minimum Gasteiger partial charge on any atom is -0.356 e. The van der Waals surface area contributed by atoms with Crippen molar-refractivity contribution in [3.8, 4) is 0 Å². The largest absolute Gasteiger partial charge is 0.576 e. The summed E-state index contributed by atoms with van der Waals surface area (Å²) in [6.07, 6.45) is -5.33. The predicted molar refractivity (Wildman–Crippen MR) is 34.7 cm³/mol. The smallest absolute Gasteiger partial charge is 0.356 e. The zero-order valence-electron chi connectivity index (χ0n) is 6.05. The lowest BCUT2D eigenvalue weighted by Gasteiger charge is -2.06. The van der Waals surface area contributed by atoms with E-state index in [4.69, 9.17) is 0 Å². The monoisotopic (exact) mass is 195 g/mol. The van der Waals surface area contributed by atoms with Gasteiger partial charge in [0.1, 0.15) is 5.82 Å². The van der Waals surface area contributed by atoms with E-state index in [1.54, 1.807) is 5.32 Å². The van der Waals surface area contributed by atoms with Crippen LogP contribution in [0.15, 0.2) is 12.3 Å². The number of ether oxygens (including phenoxy) is 1. The second-order valence-electron chi connectivity index (χ2n) is 1.93. The van der Waals surface area contributed by atoms with Crippen LogP contribution in [0.25, 0.3) is 0 Å². The fourth-order valence-corrected chi connectivity index (χ4v) is 0.566. The van der Waals surface area contributed by atoms with E-state index in [0.717, 1.165) is 0 Å². The van der Waals surface area contributed by atoms with E-state index in [0.29, 0.717) is 0 Å². The zero-order valence-corrected chi connectivity index (χ0v) is 6.05. The van der Waals surface area contributed by atoms with Gasteiger partial charge in [0.05, 0.1) is 6.20 Å². The number of alkyl halides is 3. The Kier molecular flexibility index (Phi) is 2.40. The van der Waals surface area contributed by atoms with Gasteiger partial charge in [-0.15, -0.1) is 13.2 Å². The third-order valence-corrected chi connectivity index (χ3v) is 0.946. The van der Waals surface area contributed by atoms with Crippen molar-refractivity contribution < 1.29 is 22.7 Å². The number of carbonyl (C=O) groups is 1. The summed E-state index contributed by atoms with van der Waals surface area (Å²) >= 11 is 0. The van der Waals surface area contributed by atoms with Crippen LogP contribution >= 0.6 is 0 Å². The van der Waals surface area contributed by atoms with Crippen molar-refractivity contribution in [1.82, 2.24) is 10.2 Å². The first-order valence-corrected chi connectivity index (χ1v) is 3.03. The van der Waals surface area contributed by atoms with E-state index in [1.807, 2.05) is 0 Å². The fraction of sp³-hybridized carbons (Fsp3) is 0.200. The van der Waals surface area contributed by atoms with Gasteiger partial charge in [0.25, 0.3) is 0 Å². The molecule has 0 aliphatic carbocycles. The third-order valence-electron chi connectivity index (χ3n) is 0.946. The Labute approximate surface area is 69.9 Å². The Bertz CT molecular complexity index is 282. The van der Waals surface area contributed by atoms with E-state index in [-0.39, 0.29) is 5.82 Å². The normalized spacial score (nSPS) is 11.0. The maximum atomic E-state index is 11.4. The molecule has 0 unspecified atom stereocenters. The highest BCUT2D eigenvalue weighted by atomic mass is 19.4. The molecule has 1 aromatic heterocycles. The second-order valence-corrected chi connectivity index (χ2v) is 1.93. The number of aromatic nitrogens is 2. The highest BCUT2D eigenvalue weighted by Crippen LogP contribution is 2.16. The Balaban J connectivity index is 2.43. The van der Waals surface area contributed by atoms with Gasteiger partial charge in [-0.3, -0.25) is 10.4 Å². The van der Waals surface area contributed by atoms with Crippen LogP contribution < -0.4 is 5.32 Å². The molecule has 0 spiro atoms. The van der Waals surface area contributed by atoms with Gasteiger partial charge in [-0.2, -0.15) is 5.10 Å². The van der Waals surface area contributed by atoms with Crippen molar-refractivity contribution in [1.29, 1.82) is 0 Å². The molecule has 0 fully saturated rings. The number of anilines is 1. The molecule has 8 heteroatoms. The van der Waals surface area contributed by atoms with Crippen molar-refractivity contribution >= 4 is 11.9 Å². The van der Waals surface area contributed by atoms with Crippen LogP contribution in [0.1, 0.15) is 0 Å². The van der Waals surface area contributed by atoms with Gasteiger partial charge in [-0.25, -0.2) is 4.79 Å². The van der Waals surface area contributed by atoms with Crippen LogP contribution in [0.3, 0.4) is 0 Å². The van der Waals surface area contributed by atoms with Crippen molar-refractivity contribution in [2.45, 2.75) is 6.36 Å². The summed E-state index contributed by atoms with van der Waals surface area (Å²) in [5.41, 5.74) is 0. The summed E-state index contributed by atoms with van der Waals surface area (Å²) < 4.78 is 37.3. The average molecular weight is 195 g/mol.